The van der Waals surface area contributed by atoms with Crippen molar-refractivity contribution in [2.45, 2.75) is 65.5 Å². The van der Waals surface area contributed by atoms with Crippen molar-refractivity contribution in [3.8, 4) is 0 Å². The van der Waals surface area contributed by atoms with Crippen LogP contribution in [0.15, 0.2) is 28.7 Å². The van der Waals surface area contributed by atoms with Crippen molar-refractivity contribution in [3.05, 3.63) is 47.2 Å². The largest absolute Gasteiger partial charge is 0.424 e. The van der Waals surface area contributed by atoms with Gasteiger partial charge in [-0.2, -0.15) is 0 Å². The molecule has 0 saturated heterocycles. The molecule has 2 aromatic rings. The van der Waals surface area contributed by atoms with E-state index >= 15 is 0 Å². The van der Waals surface area contributed by atoms with Crippen molar-refractivity contribution in [2.75, 3.05) is 0 Å². The molecular formula is C19H27N3O. The van der Waals surface area contributed by atoms with Gasteiger partial charge in [0.25, 0.3) is 0 Å². The molecule has 0 bridgehead atoms. The normalized spacial score (nSPS) is 20.3. The lowest BCUT2D eigenvalue weighted by molar-refractivity contribution is 0.268. The predicted molar refractivity (Wildman–Crippen MR) is 91.1 cm³/mol. The molecule has 4 heteroatoms. The Balaban J connectivity index is 1.76. The van der Waals surface area contributed by atoms with E-state index in [2.05, 4.69) is 67.5 Å². The zero-order valence-electron chi connectivity index (χ0n) is 14.6. The van der Waals surface area contributed by atoms with E-state index in [0.29, 0.717) is 29.8 Å². The fourth-order valence-electron chi connectivity index (χ4n) is 3.30. The van der Waals surface area contributed by atoms with Crippen LogP contribution in [-0.4, -0.2) is 10.2 Å². The van der Waals surface area contributed by atoms with Crippen LogP contribution in [0.5, 0.6) is 0 Å². The molecule has 0 fully saturated rings. The first-order chi connectivity index (χ1) is 10.9. The quantitative estimate of drug-likeness (QED) is 0.851. The van der Waals surface area contributed by atoms with E-state index in [1.807, 2.05) is 0 Å². The highest BCUT2D eigenvalue weighted by atomic mass is 16.4. The summed E-state index contributed by atoms with van der Waals surface area (Å²) in [5, 5.41) is 11.9. The van der Waals surface area contributed by atoms with Crippen LogP contribution in [0.2, 0.25) is 0 Å². The van der Waals surface area contributed by atoms with Gasteiger partial charge in [0.15, 0.2) is 0 Å². The zero-order chi connectivity index (χ0) is 16.4. The first-order valence-corrected chi connectivity index (χ1v) is 8.58. The Hall–Kier alpha value is -1.68. The smallest absolute Gasteiger partial charge is 0.230 e. The third-order valence-electron chi connectivity index (χ3n) is 4.73. The van der Waals surface area contributed by atoms with E-state index in [0.717, 1.165) is 12.8 Å². The van der Waals surface area contributed by atoms with Crippen LogP contribution in [0.1, 0.15) is 75.4 Å². The lowest BCUT2D eigenvalue weighted by atomic mass is 9.83. The van der Waals surface area contributed by atoms with E-state index in [4.69, 9.17) is 4.42 Å². The maximum Gasteiger partial charge on any atom is 0.230 e. The third kappa shape index (κ3) is 3.81. The summed E-state index contributed by atoms with van der Waals surface area (Å²) in [6.07, 6.45) is 3.49. The van der Waals surface area contributed by atoms with Crippen molar-refractivity contribution in [2.24, 2.45) is 5.41 Å². The van der Waals surface area contributed by atoms with Gasteiger partial charge in [0.1, 0.15) is 0 Å². The Morgan fingerprint density at radius 1 is 1.26 bits per heavy atom. The van der Waals surface area contributed by atoms with Gasteiger partial charge in [-0.15, -0.1) is 10.2 Å². The Labute approximate surface area is 138 Å². The highest BCUT2D eigenvalue weighted by Gasteiger charge is 2.29. The van der Waals surface area contributed by atoms with Gasteiger partial charge in [-0.1, -0.05) is 52.0 Å². The van der Waals surface area contributed by atoms with Crippen molar-refractivity contribution >= 4 is 0 Å². The topological polar surface area (TPSA) is 51.0 Å². The van der Waals surface area contributed by atoms with E-state index in [1.165, 1.54) is 17.5 Å². The standard InChI is InChI=1S/C19H27N3O/c1-13(2)18-22-21-17(23-18)12-20-16-11-19(3,4)10-9-14-7-5-6-8-15(14)16/h5-8,13,16,20H,9-12H2,1-4H3/t16-/m1/s1. The molecule has 1 atom stereocenters. The van der Waals surface area contributed by atoms with Gasteiger partial charge >= 0.3 is 0 Å². The molecule has 0 saturated carbocycles. The molecule has 0 radical (unpaired) electrons. The number of benzene rings is 1. The van der Waals surface area contributed by atoms with Gasteiger partial charge in [-0.25, -0.2) is 0 Å². The summed E-state index contributed by atoms with van der Waals surface area (Å²) in [5.74, 6) is 1.66. The number of aryl methyl sites for hydroxylation is 1. The highest BCUT2D eigenvalue weighted by molar-refractivity contribution is 5.31. The van der Waals surface area contributed by atoms with E-state index < -0.39 is 0 Å². The van der Waals surface area contributed by atoms with Crippen LogP contribution in [0.3, 0.4) is 0 Å². The second-order valence-corrected chi connectivity index (χ2v) is 7.69. The molecule has 0 spiro atoms. The van der Waals surface area contributed by atoms with E-state index in [-0.39, 0.29) is 5.92 Å². The minimum Gasteiger partial charge on any atom is -0.424 e. The number of nitrogens with one attached hydrogen (secondary N) is 1. The molecule has 1 aromatic heterocycles. The summed E-state index contributed by atoms with van der Waals surface area (Å²) >= 11 is 0. The summed E-state index contributed by atoms with van der Waals surface area (Å²) in [6, 6.07) is 9.12. The second kappa shape index (κ2) is 6.44. The molecule has 0 aliphatic heterocycles. The number of fused-ring (bicyclic) bond motifs is 1. The lowest BCUT2D eigenvalue weighted by Crippen LogP contribution is -2.25. The molecule has 0 amide bonds. The maximum absolute atomic E-state index is 5.72. The summed E-state index contributed by atoms with van der Waals surface area (Å²) < 4.78 is 5.72. The Kier molecular flexibility index (Phi) is 4.53. The predicted octanol–water partition coefficient (Wildman–Crippen LogP) is 4.39. The van der Waals surface area contributed by atoms with Crippen LogP contribution in [-0.2, 0) is 13.0 Å². The van der Waals surface area contributed by atoms with Gasteiger partial charge in [-0.3, -0.25) is 0 Å². The molecule has 1 heterocycles. The van der Waals surface area contributed by atoms with Crippen LogP contribution >= 0.6 is 0 Å². The number of rotatable bonds is 4. The molecule has 0 unspecified atom stereocenters. The van der Waals surface area contributed by atoms with Gasteiger partial charge in [0.2, 0.25) is 11.8 Å². The average Bonchev–Trinajstić information content (AvgIpc) is 2.94. The van der Waals surface area contributed by atoms with Crippen LogP contribution in [0.4, 0.5) is 0 Å². The summed E-state index contributed by atoms with van der Waals surface area (Å²) in [6.45, 7) is 9.46. The van der Waals surface area contributed by atoms with Gasteiger partial charge < -0.3 is 9.73 Å². The molecule has 23 heavy (non-hydrogen) atoms. The van der Waals surface area contributed by atoms with Crippen molar-refractivity contribution in [1.82, 2.24) is 15.5 Å². The summed E-state index contributed by atoms with van der Waals surface area (Å²) in [5.41, 5.74) is 3.21. The number of hydrogen-bond acceptors (Lipinski definition) is 4. The monoisotopic (exact) mass is 313 g/mol. The molecule has 1 aromatic carbocycles. The SMILES string of the molecule is CC(C)c1nnc(CN[C@@H]2CC(C)(C)CCc3ccccc32)o1. The summed E-state index contributed by atoms with van der Waals surface area (Å²) in [4.78, 5) is 0. The maximum atomic E-state index is 5.72. The molecule has 1 aliphatic carbocycles. The Morgan fingerprint density at radius 2 is 2.04 bits per heavy atom. The van der Waals surface area contributed by atoms with Crippen LogP contribution < -0.4 is 5.32 Å². The molecular weight excluding hydrogens is 286 g/mol. The average molecular weight is 313 g/mol. The minimum absolute atomic E-state index is 0.272. The van der Waals surface area contributed by atoms with Crippen LogP contribution in [0.25, 0.3) is 0 Å². The van der Waals surface area contributed by atoms with E-state index in [1.54, 1.807) is 0 Å². The molecule has 1 N–H and O–H groups in total. The number of hydrogen-bond donors (Lipinski definition) is 1. The minimum atomic E-state index is 0.272. The lowest BCUT2D eigenvalue weighted by Gasteiger charge is -2.27. The zero-order valence-corrected chi connectivity index (χ0v) is 14.6. The van der Waals surface area contributed by atoms with Crippen LogP contribution in [0, 0.1) is 5.41 Å². The first-order valence-electron chi connectivity index (χ1n) is 8.58. The summed E-state index contributed by atoms with van der Waals surface area (Å²) in [7, 11) is 0. The van der Waals surface area contributed by atoms with Gasteiger partial charge in [-0.05, 0) is 35.8 Å². The molecule has 1 aliphatic rings. The Bertz CT molecular complexity index is 660. The molecule has 3 rings (SSSR count). The first kappa shape index (κ1) is 16.2. The fraction of sp³-hybridized carbons (Fsp3) is 0.579. The Morgan fingerprint density at radius 3 is 2.78 bits per heavy atom. The van der Waals surface area contributed by atoms with Gasteiger partial charge in [0.05, 0.1) is 6.54 Å². The van der Waals surface area contributed by atoms with Gasteiger partial charge in [0, 0.05) is 12.0 Å². The fourth-order valence-corrected chi connectivity index (χ4v) is 3.30. The third-order valence-corrected chi connectivity index (χ3v) is 4.73. The second-order valence-electron chi connectivity index (χ2n) is 7.69. The highest BCUT2D eigenvalue weighted by Crippen LogP contribution is 2.39. The molecule has 124 valence electrons. The van der Waals surface area contributed by atoms with Crippen molar-refractivity contribution in [1.29, 1.82) is 0 Å². The number of aromatic nitrogens is 2. The van der Waals surface area contributed by atoms with Crippen molar-refractivity contribution in [3.63, 3.8) is 0 Å². The molecule has 4 nitrogen and oxygen atoms in total. The van der Waals surface area contributed by atoms with Crippen molar-refractivity contribution < 1.29 is 4.42 Å². The number of nitrogens with zero attached hydrogens (tertiary/aromatic N) is 2. The van der Waals surface area contributed by atoms with E-state index in [9.17, 15) is 0 Å².